The molecule has 0 spiro atoms. The number of halogens is 2. The van der Waals surface area contributed by atoms with E-state index in [9.17, 15) is 9.59 Å². The largest absolute Gasteiger partial charge is 0.377 e. The monoisotopic (exact) mass is 419 g/mol. The molecular weight excluding hydrogens is 406 g/mol. The van der Waals surface area contributed by atoms with E-state index in [1.54, 1.807) is 30.3 Å². The number of hydrazine groups is 1. The summed E-state index contributed by atoms with van der Waals surface area (Å²) in [5.74, 6) is -0.863. The highest BCUT2D eigenvalue weighted by Gasteiger charge is 2.34. The number of nitrogens with zero attached hydrogens (tertiary/aromatic N) is 2. The van der Waals surface area contributed by atoms with Crippen LogP contribution in [0.5, 0.6) is 0 Å². The third-order valence-corrected chi connectivity index (χ3v) is 4.59. The molecule has 1 aliphatic heterocycles. The molecule has 0 atom stereocenters. The summed E-state index contributed by atoms with van der Waals surface area (Å²) in [6.45, 7) is 0. The molecule has 1 saturated heterocycles. The van der Waals surface area contributed by atoms with Gasteiger partial charge in [-0.2, -0.15) is 0 Å². The predicted octanol–water partition coefficient (Wildman–Crippen LogP) is 3.63. The molecular formula is C18H15BrClN3O2. The van der Waals surface area contributed by atoms with Crippen LogP contribution in [-0.4, -0.2) is 25.9 Å². The van der Waals surface area contributed by atoms with Crippen LogP contribution in [0.2, 0.25) is 5.02 Å². The second-order valence-corrected chi connectivity index (χ2v) is 7.02. The van der Waals surface area contributed by atoms with Gasteiger partial charge >= 0.3 is 0 Å². The van der Waals surface area contributed by atoms with Crippen LogP contribution >= 0.6 is 27.5 Å². The number of anilines is 2. The molecule has 0 aliphatic carbocycles. The van der Waals surface area contributed by atoms with Crippen molar-refractivity contribution in [1.82, 2.24) is 5.43 Å². The van der Waals surface area contributed by atoms with Crippen molar-refractivity contribution in [1.29, 1.82) is 0 Å². The van der Waals surface area contributed by atoms with Gasteiger partial charge in [0.1, 0.15) is 5.57 Å². The first-order valence-electron chi connectivity index (χ1n) is 7.46. The molecule has 0 saturated carbocycles. The van der Waals surface area contributed by atoms with Gasteiger partial charge in [0, 0.05) is 23.6 Å². The van der Waals surface area contributed by atoms with Gasteiger partial charge in [0.15, 0.2) is 0 Å². The Balaban J connectivity index is 1.92. The van der Waals surface area contributed by atoms with Crippen LogP contribution in [0.25, 0.3) is 6.08 Å². The molecule has 0 unspecified atom stereocenters. The van der Waals surface area contributed by atoms with Gasteiger partial charge in [-0.3, -0.25) is 15.0 Å². The molecule has 0 bridgehead atoms. The van der Waals surface area contributed by atoms with Crippen LogP contribution in [-0.2, 0) is 9.59 Å². The maximum Gasteiger partial charge on any atom is 0.282 e. The van der Waals surface area contributed by atoms with E-state index in [0.29, 0.717) is 10.7 Å². The molecule has 1 aliphatic rings. The molecule has 128 valence electrons. The Morgan fingerprint density at radius 3 is 2.56 bits per heavy atom. The van der Waals surface area contributed by atoms with Gasteiger partial charge in [-0.15, -0.1) is 0 Å². The second-order valence-electron chi connectivity index (χ2n) is 5.72. The summed E-state index contributed by atoms with van der Waals surface area (Å²) in [4.78, 5) is 26.8. The molecule has 2 aromatic rings. The highest BCUT2D eigenvalue weighted by Crippen LogP contribution is 2.28. The molecule has 2 aromatic carbocycles. The van der Waals surface area contributed by atoms with Gasteiger partial charge < -0.3 is 4.90 Å². The van der Waals surface area contributed by atoms with Gasteiger partial charge in [-0.05, 0) is 57.9 Å². The zero-order chi connectivity index (χ0) is 18.1. The number of hydrogen-bond acceptors (Lipinski definition) is 3. The van der Waals surface area contributed by atoms with Crippen molar-refractivity contribution < 1.29 is 9.59 Å². The minimum absolute atomic E-state index is 0.0736. The van der Waals surface area contributed by atoms with Gasteiger partial charge in [0.2, 0.25) is 0 Å². The van der Waals surface area contributed by atoms with Crippen molar-refractivity contribution in [3.63, 3.8) is 0 Å². The Kier molecular flexibility index (Phi) is 4.83. The van der Waals surface area contributed by atoms with E-state index in [1.807, 2.05) is 37.2 Å². The normalized spacial score (nSPS) is 15.7. The Morgan fingerprint density at radius 2 is 1.92 bits per heavy atom. The maximum absolute atomic E-state index is 12.6. The predicted molar refractivity (Wildman–Crippen MR) is 104 cm³/mol. The second kappa shape index (κ2) is 6.90. The summed E-state index contributed by atoms with van der Waals surface area (Å²) in [6, 6.07) is 12.4. The molecule has 3 rings (SSSR count). The number of carbonyl (C=O) groups excluding carboxylic acids is 2. The number of nitrogens with one attached hydrogen (secondary N) is 1. The molecule has 1 N–H and O–H groups in total. The Morgan fingerprint density at radius 1 is 1.16 bits per heavy atom. The maximum atomic E-state index is 12.6. The third-order valence-electron chi connectivity index (χ3n) is 3.72. The lowest BCUT2D eigenvalue weighted by Crippen LogP contribution is -2.35. The molecule has 2 amide bonds. The standard InChI is InChI=1S/C18H15BrClN3O2/c1-22(2)16-7-6-11(9-15(16)19)8-14-17(24)21-23(18(14)25)13-5-3-4-12(20)10-13/h3-10H,1-2H3,(H,21,24)/b14-8-. The van der Waals surface area contributed by atoms with Crippen LogP contribution in [0.1, 0.15) is 5.56 Å². The highest BCUT2D eigenvalue weighted by molar-refractivity contribution is 9.10. The van der Waals surface area contributed by atoms with E-state index < -0.39 is 11.8 Å². The SMILES string of the molecule is CN(C)c1ccc(/C=C2/C(=O)NN(c3cccc(Cl)c3)C2=O)cc1Br. The Bertz CT molecular complexity index is 896. The fourth-order valence-corrected chi connectivity index (χ4v) is 3.43. The number of benzene rings is 2. The minimum atomic E-state index is -0.446. The van der Waals surface area contributed by atoms with Gasteiger partial charge in [0.25, 0.3) is 11.8 Å². The minimum Gasteiger partial charge on any atom is -0.377 e. The fourth-order valence-electron chi connectivity index (χ4n) is 2.50. The van der Waals surface area contributed by atoms with Crippen LogP contribution in [0.15, 0.2) is 52.5 Å². The first-order chi connectivity index (χ1) is 11.9. The van der Waals surface area contributed by atoms with E-state index in [-0.39, 0.29) is 5.57 Å². The molecule has 7 heteroatoms. The first kappa shape index (κ1) is 17.5. The molecule has 0 radical (unpaired) electrons. The molecule has 0 aromatic heterocycles. The van der Waals surface area contributed by atoms with Crippen molar-refractivity contribution in [2.24, 2.45) is 0 Å². The summed E-state index contributed by atoms with van der Waals surface area (Å²) in [5.41, 5.74) is 4.90. The van der Waals surface area contributed by atoms with E-state index >= 15 is 0 Å². The quantitative estimate of drug-likeness (QED) is 0.609. The lowest BCUT2D eigenvalue weighted by molar-refractivity contribution is -0.117. The van der Waals surface area contributed by atoms with E-state index in [0.717, 1.165) is 15.7 Å². The summed E-state index contributed by atoms with van der Waals surface area (Å²) >= 11 is 9.46. The zero-order valence-corrected chi connectivity index (χ0v) is 15.9. The Hall–Kier alpha value is -2.31. The van der Waals surface area contributed by atoms with Crippen molar-refractivity contribution in [3.8, 4) is 0 Å². The smallest absolute Gasteiger partial charge is 0.282 e. The van der Waals surface area contributed by atoms with Crippen LogP contribution in [0.3, 0.4) is 0 Å². The van der Waals surface area contributed by atoms with Gasteiger partial charge in [-0.25, -0.2) is 5.01 Å². The molecule has 5 nitrogen and oxygen atoms in total. The van der Waals surface area contributed by atoms with Crippen LogP contribution < -0.4 is 15.3 Å². The third kappa shape index (κ3) is 3.55. The first-order valence-corrected chi connectivity index (χ1v) is 8.63. The van der Waals surface area contributed by atoms with E-state index in [4.69, 9.17) is 11.6 Å². The number of carbonyl (C=O) groups is 2. The molecule has 1 fully saturated rings. The summed E-state index contributed by atoms with van der Waals surface area (Å²) < 4.78 is 0.879. The van der Waals surface area contributed by atoms with Crippen LogP contribution in [0, 0.1) is 0 Å². The lowest BCUT2D eigenvalue weighted by Gasteiger charge is -2.15. The lowest BCUT2D eigenvalue weighted by atomic mass is 10.1. The van der Waals surface area contributed by atoms with Crippen molar-refractivity contribution in [2.45, 2.75) is 0 Å². The summed E-state index contributed by atoms with van der Waals surface area (Å²) in [7, 11) is 3.88. The summed E-state index contributed by atoms with van der Waals surface area (Å²) in [6.07, 6.45) is 1.58. The van der Waals surface area contributed by atoms with Crippen molar-refractivity contribution >= 4 is 56.8 Å². The topological polar surface area (TPSA) is 52.7 Å². The average Bonchev–Trinajstić information content (AvgIpc) is 2.83. The average molecular weight is 421 g/mol. The number of amides is 2. The fraction of sp³-hybridized carbons (Fsp3) is 0.111. The van der Waals surface area contributed by atoms with Crippen molar-refractivity contribution in [3.05, 3.63) is 63.1 Å². The zero-order valence-electron chi connectivity index (χ0n) is 13.6. The van der Waals surface area contributed by atoms with E-state index in [1.165, 1.54) is 5.01 Å². The number of hydrogen-bond donors (Lipinski definition) is 1. The van der Waals surface area contributed by atoms with Crippen LogP contribution in [0.4, 0.5) is 11.4 Å². The molecule has 25 heavy (non-hydrogen) atoms. The van der Waals surface area contributed by atoms with Gasteiger partial charge in [0.05, 0.1) is 11.4 Å². The summed E-state index contributed by atoms with van der Waals surface area (Å²) in [5, 5.41) is 1.68. The number of rotatable bonds is 3. The van der Waals surface area contributed by atoms with Gasteiger partial charge in [-0.1, -0.05) is 23.7 Å². The Labute approximate surface area is 159 Å². The van der Waals surface area contributed by atoms with E-state index in [2.05, 4.69) is 21.4 Å². The highest BCUT2D eigenvalue weighted by atomic mass is 79.9. The molecule has 1 heterocycles. The van der Waals surface area contributed by atoms with Crippen molar-refractivity contribution in [2.75, 3.05) is 24.0 Å².